The third kappa shape index (κ3) is 4.66. The molecule has 1 saturated carbocycles. The van der Waals surface area contributed by atoms with Crippen LogP contribution in [0.2, 0.25) is 5.02 Å². The van der Waals surface area contributed by atoms with E-state index in [2.05, 4.69) is 0 Å². The number of phenols is 1. The fourth-order valence-corrected chi connectivity index (χ4v) is 10.8. The number of anilines is 2. The van der Waals surface area contributed by atoms with Gasteiger partial charge in [0.25, 0.3) is 0 Å². The molecule has 2 aliphatic heterocycles. The first-order valence-electron chi connectivity index (χ1n) is 17.5. The molecule has 3 fully saturated rings. The molecule has 3 aromatic carbocycles. The van der Waals surface area contributed by atoms with E-state index in [9.17, 15) is 19.5 Å². The second-order valence-electron chi connectivity index (χ2n) is 14.6. The van der Waals surface area contributed by atoms with Gasteiger partial charge in [-0.3, -0.25) is 28.8 Å². The molecule has 2 saturated heterocycles. The molecule has 10 nitrogen and oxygen atoms in total. The van der Waals surface area contributed by atoms with Crippen molar-refractivity contribution < 1.29 is 29.0 Å². The van der Waals surface area contributed by atoms with E-state index in [1.54, 1.807) is 72.5 Å². The van der Waals surface area contributed by atoms with Crippen molar-refractivity contribution in [1.82, 2.24) is 9.78 Å². The molecule has 0 radical (unpaired) electrons. The molecule has 6 atom stereocenters. The van der Waals surface area contributed by atoms with Crippen LogP contribution < -0.4 is 14.5 Å². The number of para-hydroxylation sites is 1. The summed E-state index contributed by atoms with van der Waals surface area (Å²) in [5, 5.41) is 17.9. The zero-order valence-electron chi connectivity index (χ0n) is 29.4. The van der Waals surface area contributed by atoms with Crippen molar-refractivity contribution in [2.45, 2.75) is 32.6 Å². The summed E-state index contributed by atoms with van der Waals surface area (Å²) >= 11 is 7.88. The molecule has 53 heavy (non-hydrogen) atoms. The number of aryl methyl sites for hydroxylation is 2. The molecule has 2 aliphatic carbocycles. The molecule has 0 unspecified atom stereocenters. The zero-order valence-corrected chi connectivity index (χ0v) is 30.9. The van der Waals surface area contributed by atoms with E-state index >= 15 is 4.79 Å². The molecule has 268 valence electrons. The Morgan fingerprint density at radius 1 is 0.943 bits per heavy atom. The lowest BCUT2D eigenvalue weighted by Gasteiger charge is -2.49. The number of nitrogens with zero attached hydrogens (tertiary/aromatic N) is 4. The molecule has 5 aromatic rings. The Morgan fingerprint density at radius 3 is 2.45 bits per heavy atom. The molecule has 4 heterocycles. The average molecular weight is 747 g/mol. The number of allylic oxidation sites excluding steroid dienone is 2. The Bertz CT molecular complexity index is 2450. The van der Waals surface area contributed by atoms with Crippen molar-refractivity contribution in [3.05, 3.63) is 101 Å². The summed E-state index contributed by atoms with van der Waals surface area (Å²) in [6.45, 7) is 3.80. The van der Waals surface area contributed by atoms with Crippen LogP contribution >= 0.6 is 22.9 Å². The van der Waals surface area contributed by atoms with E-state index in [0.29, 0.717) is 40.0 Å². The minimum Gasteiger partial charge on any atom is -0.508 e. The maximum atomic E-state index is 15.1. The quantitative estimate of drug-likeness (QED) is 0.147. The van der Waals surface area contributed by atoms with Crippen molar-refractivity contribution in [1.29, 1.82) is 0 Å². The molecule has 12 heteroatoms. The normalized spacial score (nSPS) is 26.6. The largest absolute Gasteiger partial charge is 0.508 e. The standard InChI is InChI=1S/C41H35ClN4O6S/c1-20-27-16-21(42)10-15-32(27)53-36(20)30-19-33(44(3)43-30)46-38(49)29-18-28-24(35(41(29,2)40(46)51)25-12-11-23(52-4)17-31(25)47)13-14-26-34(28)39(50)45(37(26)48)22-8-6-5-7-9-22/h5-13,15-17,19,26,28-29,34-35,47H,14,18H2,1-4H3/t26-,28+,29-,34-,35+,41+/m0/s1. The van der Waals surface area contributed by atoms with Crippen LogP contribution in [-0.2, 0) is 26.2 Å². The summed E-state index contributed by atoms with van der Waals surface area (Å²) in [6.07, 6.45) is 2.47. The van der Waals surface area contributed by atoms with Crippen molar-refractivity contribution in [3.63, 3.8) is 0 Å². The van der Waals surface area contributed by atoms with Crippen LogP contribution in [0, 0.1) is 36.0 Å². The number of hydrogen-bond donors (Lipinski definition) is 1. The van der Waals surface area contributed by atoms with Gasteiger partial charge in [-0.05, 0) is 80.0 Å². The number of carbonyl (C=O) groups is 4. The van der Waals surface area contributed by atoms with Crippen LogP contribution in [0.1, 0.15) is 36.8 Å². The minimum absolute atomic E-state index is 0.0837. The molecule has 0 bridgehead atoms. The number of hydrogen-bond acceptors (Lipinski definition) is 8. The fourth-order valence-electron chi connectivity index (χ4n) is 9.52. The number of aromatic nitrogens is 2. The number of imide groups is 2. The summed E-state index contributed by atoms with van der Waals surface area (Å²) in [5.74, 6) is -4.18. The Hall–Kier alpha value is -5.26. The van der Waals surface area contributed by atoms with E-state index in [1.807, 2.05) is 37.3 Å². The predicted octanol–water partition coefficient (Wildman–Crippen LogP) is 7.41. The molecule has 2 aromatic heterocycles. The highest BCUT2D eigenvalue weighted by molar-refractivity contribution is 7.22. The highest BCUT2D eigenvalue weighted by atomic mass is 35.5. The van der Waals surface area contributed by atoms with Gasteiger partial charge in [-0.1, -0.05) is 47.5 Å². The predicted molar refractivity (Wildman–Crippen MR) is 202 cm³/mol. The van der Waals surface area contributed by atoms with Gasteiger partial charge in [-0.15, -0.1) is 11.3 Å². The molecule has 4 aliphatic rings. The second-order valence-corrected chi connectivity index (χ2v) is 16.1. The summed E-state index contributed by atoms with van der Waals surface area (Å²) in [7, 11) is 3.21. The fraction of sp³-hybridized carbons (Fsp3) is 0.293. The highest BCUT2D eigenvalue weighted by Gasteiger charge is 2.68. The average Bonchev–Trinajstić information content (AvgIpc) is 3.82. The molecule has 0 spiro atoms. The molecular weight excluding hydrogens is 712 g/mol. The molecule has 9 rings (SSSR count). The number of amides is 4. The van der Waals surface area contributed by atoms with Crippen LogP contribution in [0.5, 0.6) is 11.5 Å². The molecule has 1 N–H and O–H groups in total. The molecule has 4 amide bonds. The SMILES string of the molecule is COc1ccc([C@H]2C3=CC[C@@H]4C(=O)N(c5ccccc5)C(=O)[C@@H]4[C@@H]3C[C@H]3C(=O)N(c4cc(-c5sc6ccc(Cl)cc6c5C)nn4C)C(=O)[C@@]23C)c(O)c1. The number of rotatable bonds is 5. The lowest BCUT2D eigenvalue weighted by atomic mass is 9.51. The van der Waals surface area contributed by atoms with Crippen LogP contribution in [0.4, 0.5) is 11.5 Å². The zero-order chi connectivity index (χ0) is 37.1. The first-order valence-corrected chi connectivity index (χ1v) is 18.7. The number of methoxy groups -OCH3 is 1. The lowest BCUT2D eigenvalue weighted by Crippen LogP contribution is -2.49. The van der Waals surface area contributed by atoms with E-state index in [-0.39, 0.29) is 24.0 Å². The molecular formula is C41H35ClN4O6S. The Kier molecular flexibility index (Phi) is 7.52. The summed E-state index contributed by atoms with van der Waals surface area (Å²) in [5.41, 5.74) is 2.03. The van der Waals surface area contributed by atoms with Crippen molar-refractivity contribution in [3.8, 4) is 22.1 Å². The third-order valence-corrected chi connectivity index (χ3v) is 13.6. The summed E-state index contributed by atoms with van der Waals surface area (Å²) < 4.78 is 7.99. The van der Waals surface area contributed by atoms with Crippen LogP contribution in [-0.4, -0.2) is 45.6 Å². The van der Waals surface area contributed by atoms with Gasteiger partial charge in [0.15, 0.2) is 0 Å². The first kappa shape index (κ1) is 33.6. The van der Waals surface area contributed by atoms with E-state index < -0.39 is 46.8 Å². The number of phenolic OH excluding ortho intramolecular Hbond substituents is 1. The van der Waals surface area contributed by atoms with E-state index in [4.69, 9.17) is 21.4 Å². The van der Waals surface area contributed by atoms with Gasteiger partial charge in [-0.25, -0.2) is 4.90 Å². The number of halogens is 1. The number of thiophene rings is 1. The van der Waals surface area contributed by atoms with Gasteiger partial charge in [0, 0.05) is 40.4 Å². The van der Waals surface area contributed by atoms with Gasteiger partial charge in [-0.2, -0.15) is 5.10 Å². The van der Waals surface area contributed by atoms with Crippen LogP contribution in [0.15, 0.2) is 84.4 Å². The number of fused-ring (bicyclic) bond motifs is 5. The Morgan fingerprint density at radius 2 is 1.72 bits per heavy atom. The van der Waals surface area contributed by atoms with Crippen molar-refractivity contribution >= 4 is 68.2 Å². The smallest absolute Gasteiger partial charge is 0.242 e. The van der Waals surface area contributed by atoms with Crippen molar-refractivity contribution in [2.24, 2.45) is 36.1 Å². The number of benzene rings is 3. The lowest BCUT2D eigenvalue weighted by molar-refractivity contribution is -0.131. The first-order chi connectivity index (χ1) is 25.4. The second kappa shape index (κ2) is 11.9. The summed E-state index contributed by atoms with van der Waals surface area (Å²) in [6, 6.07) is 21.3. The van der Waals surface area contributed by atoms with E-state index in [0.717, 1.165) is 26.1 Å². The van der Waals surface area contributed by atoms with Gasteiger partial charge in [0.05, 0.1) is 40.8 Å². The topological polar surface area (TPSA) is 122 Å². The maximum Gasteiger partial charge on any atom is 0.242 e. The van der Waals surface area contributed by atoms with Gasteiger partial charge in [0.1, 0.15) is 23.0 Å². The summed E-state index contributed by atoms with van der Waals surface area (Å²) in [4.78, 5) is 61.5. The monoisotopic (exact) mass is 746 g/mol. The Labute approximate surface area is 314 Å². The number of aromatic hydroxyl groups is 1. The van der Waals surface area contributed by atoms with E-state index in [1.165, 1.54) is 23.0 Å². The van der Waals surface area contributed by atoms with Crippen molar-refractivity contribution in [2.75, 3.05) is 16.9 Å². The van der Waals surface area contributed by atoms with Crippen LogP contribution in [0.3, 0.4) is 0 Å². The maximum absolute atomic E-state index is 15.1. The van der Waals surface area contributed by atoms with Gasteiger partial charge in [0.2, 0.25) is 23.6 Å². The van der Waals surface area contributed by atoms with Gasteiger partial charge >= 0.3 is 0 Å². The Balaban J connectivity index is 1.16. The number of ether oxygens (including phenoxy) is 1. The highest BCUT2D eigenvalue weighted by Crippen LogP contribution is 2.64. The minimum atomic E-state index is -1.34. The number of carbonyl (C=O) groups excluding carboxylic acids is 4. The van der Waals surface area contributed by atoms with Gasteiger partial charge < -0.3 is 9.84 Å². The third-order valence-electron chi connectivity index (χ3n) is 12.1. The van der Waals surface area contributed by atoms with Crippen LogP contribution in [0.25, 0.3) is 20.7 Å².